The van der Waals surface area contributed by atoms with Crippen LogP contribution >= 0.6 is 0 Å². The molecule has 0 spiro atoms. The van der Waals surface area contributed by atoms with Crippen LogP contribution in [0, 0.1) is 5.92 Å². The summed E-state index contributed by atoms with van der Waals surface area (Å²) in [6, 6.07) is 0. The van der Waals surface area contributed by atoms with E-state index >= 15 is 0 Å². The highest BCUT2D eigenvalue weighted by atomic mass is 16.7. The van der Waals surface area contributed by atoms with Crippen LogP contribution in [0.1, 0.15) is 6.42 Å². The van der Waals surface area contributed by atoms with E-state index in [2.05, 4.69) is 0 Å². The number of aliphatic hydroxyl groups excluding tert-OH is 7. The summed E-state index contributed by atoms with van der Waals surface area (Å²) in [5.41, 5.74) is 0. The fourth-order valence-electron chi connectivity index (χ4n) is 3.19. The van der Waals surface area contributed by atoms with Gasteiger partial charge in [0.15, 0.2) is 6.29 Å². The first-order valence-corrected chi connectivity index (χ1v) is 7.81. The second-order valence-corrected chi connectivity index (χ2v) is 6.23. The highest BCUT2D eigenvalue weighted by molar-refractivity contribution is 4.96. The van der Waals surface area contributed by atoms with Crippen molar-refractivity contribution in [1.82, 2.24) is 0 Å². The van der Waals surface area contributed by atoms with Gasteiger partial charge in [-0.1, -0.05) is 0 Å². The summed E-state index contributed by atoms with van der Waals surface area (Å²) in [6.45, 7) is -0.953. The fraction of sp³-hybridized carbons (Fsp3) is 1.00. The number of hydrogen-bond donors (Lipinski definition) is 7. The largest absolute Gasteiger partial charge is 0.396 e. The van der Waals surface area contributed by atoms with Gasteiger partial charge in [-0.25, -0.2) is 0 Å². The van der Waals surface area contributed by atoms with E-state index in [1.165, 1.54) is 7.11 Å². The van der Waals surface area contributed by atoms with Crippen LogP contribution in [0.15, 0.2) is 0 Å². The van der Waals surface area contributed by atoms with Gasteiger partial charge in [-0.15, -0.1) is 0 Å². The van der Waals surface area contributed by atoms with E-state index in [0.717, 1.165) is 0 Å². The summed E-state index contributed by atoms with van der Waals surface area (Å²) < 4.78 is 16.0. The van der Waals surface area contributed by atoms with E-state index < -0.39 is 74.3 Å². The average Bonchev–Trinajstić information content (AvgIpc) is 2.59. The Labute approximate surface area is 138 Å². The molecule has 0 amide bonds. The molecule has 1 saturated heterocycles. The lowest BCUT2D eigenvalue weighted by atomic mass is 9.81. The van der Waals surface area contributed by atoms with Gasteiger partial charge in [0.05, 0.1) is 18.8 Å². The van der Waals surface area contributed by atoms with Gasteiger partial charge < -0.3 is 50.0 Å². The highest BCUT2D eigenvalue weighted by Crippen LogP contribution is 2.32. The molecule has 0 radical (unpaired) electrons. The maximum absolute atomic E-state index is 10.2. The number of methoxy groups -OCH3 is 1. The van der Waals surface area contributed by atoms with Crippen molar-refractivity contribution in [3.8, 4) is 0 Å². The number of aliphatic hydroxyl groups is 7. The molecule has 10 nitrogen and oxygen atoms in total. The fourth-order valence-corrected chi connectivity index (χ4v) is 3.19. The maximum Gasteiger partial charge on any atom is 0.186 e. The van der Waals surface area contributed by atoms with Crippen LogP contribution in [-0.4, -0.2) is 111 Å². The molecular formula is C14H26O10. The van der Waals surface area contributed by atoms with Crippen molar-refractivity contribution in [2.75, 3.05) is 20.3 Å². The minimum atomic E-state index is -1.53. The van der Waals surface area contributed by atoms with E-state index in [1.54, 1.807) is 0 Å². The Morgan fingerprint density at radius 1 is 0.875 bits per heavy atom. The van der Waals surface area contributed by atoms with Crippen LogP contribution in [0.2, 0.25) is 0 Å². The Morgan fingerprint density at radius 2 is 1.54 bits per heavy atom. The lowest BCUT2D eigenvalue weighted by Gasteiger charge is -2.45. The van der Waals surface area contributed by atoms with E-state index in [0.29, 0.717) is 0 Å². The smallest absolute Gasteiger partial charge is 0.186 e. The number of hydrogen-bond acceptors (Lipinski definition) is 10. The predicted octanol–water partition coefficient (Wildman–Crippen LogP) is -4.08. The monoisotopic (exact) mass is 354 g/mol. The third kappa shape index (κ3) is 3.73. The van der Waals surface area contributed by atoms with Gasteiger partial charge in [0.1, 0.15) is 36.6 Å². The molecule has 0 aromatic heterocycles. The van der Waals surface area contributed by atoms with E-state index in [1.807, 2.05) is 0 Å². The lowest BCUT2D eigenvalue weighted by molar-refractivity contribution is -0.321. The molecule has 1 aliphatic carbocycles. The molecule has 10 heteroatoms. The second kappa shape index (κ2) is 8.32. The van der Waals surface area contributed by atoms with Gasteiger partial charge in [0, 0.05) is 19.6 Å². The highest BCUT2D eigenvalue weighted by Gasteiger charge is 2.49. The first-order valence-electron chi connectivity index (χ1n) is 7.81. The Bertz CT molecular complexity index is 392. The van der Waals surface area contributed by atoms with Gasteiger partial charge in [-0.05, 0) is 6.42 Å². The number of ether oxygens (including phenoxy) is 3. The van der Waals surface area contributed by atoms with Crippen molar-refractivity contribution in [2.24, 2.45) is 5.92 Å². The lowest BCUT2D eigenvalue weighted by Crippen LogP contribution is -2.63. The third-order valence-electron chi connectivity index (χ3n) is 4.72. The summed E-state index contributed by atoms with van der Waals surface area (Å²) in [5.74, 6) is -0.717. The third-order valence-corrected chi connectivity index (χ3v) is 4.72. The van der Waals surface area contributed by atoms with Crippen molar-refractivity contribution in [3.05, 3.63) is 0 Å². The Kier molecular flexibility index (Phi) is 6.90. The van der Waals surface area contributed by atoms with Crippen molar-refractivity contribution in [1.29, 1.82) is 0 Å². The van der Waals surface area contributed by atoms with Gasteiger partial charge in [0.25, 0.3) is 0 Å². The molecule has 2 aliphatic rings. The minimum absolute atomic E-state index is 0.0229. The molecule has 2 fully saturated rings. The summed E-state index contributed by atoms with van der Waals surface area (Å²) in [4.78, 5) is 0. The first kappa shape index (κ1) is 19.9. The average molecular weight is 354 g/mol. The SMILES string of the molecule is COC1OC(CO)C(O)C(O)C1OC1CC(CO)C(O)C(O)C1O. The van der Waals surface area contributed by atoms with Crippen molar-refractivity contribution in [3.63, 3.8) is 0 Å². The Balaban J connectivity index is 2.12. The molecular weight excluding hydrogens is 328 g/mol. The Morgan fingerprint density at radius 3 is 2.08 bits per heavy atom. The summed E-state index contributed by atoms with van der Waals surface area (Å²) >= 11 is 0. The van der Waals surface area contributed by atoms with E-state index in [4.69, 9.17) is 19.3 Å². The summed E-state index contributed by atoms with van der Waals surface area (Å²) in [5, 5.41) is 68.3. The molecule has 0 bridgehead atoms. The van der Waals surface area contributed by atoms with Crippen LogP contribution in [-0.2, 0) is 14.2 Å². The normalized spacial score (nSPS) is 50.0. The zero-order valence-electron chi connectivity index (χ0n) is 13.3. The molecule has 1 aliphatic heterocycles. The predicted molar refractivity (Wildman–Crippen MR) is 76.6 cm³/mol. The second-order valence-electron chi connectivity index (χ2n) is 6.23. The van der Waals surface area contributed by atoms with Gasteiger partial charge in [-0.3, -0.25) is 0 Å². The number of rotatable bonds is 5. The van der Waals surface area contributed by atoms with Crippen LogP contribution in [0.25, 0.3) is 0 Å². The van der Waals surface area contributed by atoms with Crippen LogP contribution < -0.4 is 0 Å². The molecule has 1 saturated carbocycles. The van der Waals surface area contributed by atoms with Crippen LogP contribution in [0.4, 0.5) is 0 Å². The quantitative estimate of drug-likeness (QED) is 0.258. The topological polar surface area (TPSA) is 169 Å². The van der Waals surface area contributed by atoms with Crippen molar-refractivity contribution < 1.29 is 50.0 Å². The van der Waals surface area contributed by atoms with Crippen molar-refractivity contribution >= 4 is 0 Å². The zero-order valence-corrected chi connectivity index (χ0v) is 13.3. The molecule has 7 N–H and O–H groups in total. The van der Waals surface area contributed by atoms with Crippen molar-refractivity contribution in [2.45, 2.75) is 61.5 Å². The molecule has 10 unspecified atom stereocenters. The maximum atomic E-state index is 10.2. The summed E-state index contributed by atoms with van der Waals surface area (Å²) in [6.07, 6.45) is -11.6. The molecule has 10 atom stereocenters. The van der Waals surface area contributed by atoms with Crippen LogP contribution in [0.5, 0.6) is 0 Å². The standard InChI is InChI=1S/C14H26O10/c1-22-14-13(12(21)10(19)7(4-16)24-14)23-6-2-5(3-15)8(17)11(20)9(6)18/h5-21H,2-4H2,1H3. The molecule has 0 aromatic rings. The molecule has 1 heterocycles. The Hall–Kier alpha value is -0.400. The molecule has 24 heavy (non-hydrogen) atoms. The zero-order chi connectivity index (χ0) is 18.0. The van der Waals surface area contributed by atoms with Gasteiger partial charge >= 0.3 is 0 Å². The van der Waals surface area contributed by atoms with Gasteiger partial charge in [0.2, 0.25) is 0 Å². The van der Waals surface area contributed by atoms with E-state index in [-0.39, 0.29) is 6.42 Å². The molecule has 2 rings (SSSR count). The van der Waals surface area contributed by atoms with Gasteiger partial charge in [-0.2, -0.15) is 0 Å². The van der Waals surface area contributed by atoms with Crippen LogP contribution in [0.3, 0.4) is 0 Å². The minimum Gasteiger partial charge on any atom is -0.396 e. The molecule has 0 aromatic carbocycles. The van der Waals surface area contributed by atoms with E-state index in [9.17, 15) is 30.6 Å². The first-order chi connectivity index (χ1) is 11.3. The molecule has 142 valence electrons. The summed E-state index contributed by atoms with van der Waals surface area (Å²) in [7, 11) is 1.28.